The van der Waals surface area contributed by atoms with E-state index in [2.05, 4.69) is 0 Å². The van der Waals surface area contributed by atoms with Gasteiger partial charge in [-0.25, -0.2) is 0 Å². The van der Waals surface area contributed by atoms with Crippen LogP contribution in [0.2, 0.25) is 0 Å². The molecule has 0 aromatic carbocycles. The standard InChI is InChI=1S/C23H34O5/c1-21(2,3)13-20(24)25-14-16-9-11-18(27-16)23(7,8)19-12-10-17(28-19)15-26-22(4,5)6/h9-12H,13-15H2,1-8H3. The fourth-order valence-corrected chi connectivity index (χ4v) is 2.63. The molecule has 0 aliphatic rings. The highest BCUT2D eigenvalue weighted by molar-refractivity contribution is 5.70. The van der Waals surface area contributed by atoms with E-state index in [0.29, 0.717) is 18.8 Å². The molecule has 0 unspecified atom stereocenters. The molecule has 2 aromatic rings. The summed E-state index contributed by atoms with van der Waals surface area (Å²) in [7, 11) is 0. The van der Waals surface area contributed by atoms with Gasteiger partial charge in [0.1, 0.15) is 36.3 Å². The maximum atomic E-state index is 11.9. The average molecular weight is 391 g/mol. The Morgan fingerprint density at radius 2 is 1.32 bits per heavy atom. The van der Waals surface area contributed by atoms with E-state index in [4.69, 9.17) is 18.3 Å². The maximum absolute atomic E-state index is 11.9. The third kappa shape index (κ3) is 6.55. The van der Waals surface area contributed by atoms with Crippen LogP contribution in [-0.4, -0.2) is 11.6 Å². The largest absolute Gasteiger partial charge is 0.463 e. The van der Waals surface area contributed by atoms with Crippen LogP contribution in [0.15, 0.2) is 33.1 Å². The molecule has 0 bridgehead atoms. The third-order valence-electron chi connectivity index (χ3n) is 4.25. The number of rotatable bonds is 7. The smallest absolute Gasteiger partial charge is 0.306 e. The van der Waals surface area contributed by atoms with Gasteiger partial charge in [-0.3, -0.25) is 4.79 Å². The van der Waals surface area contributed by atoms with Crippen molar-refractivity contribution in [1.29, 1.82) is 0 Å². The van der Waals surface area contributed by atoms with Crippen molar-refractivity contribution < 1.29 is 23.1 Å². The molecule has 0 saturated carbocycles. The number of furan rings is 2. The minimum Gasteiger partial charge on any atom is -0.463 e. The lowest BCUT2D eigenvalue weighted by Gasteiger charge is -2.20. The molecule has 2 aromatic heterocycles. The van der Waals surface area contributed by atoms with Gasteiger partial charge in [0.2, 0.25) is 0 Å². The third-order valence-corrected chi connectivity index (χ3v) is 4.25. The van der Waals surface area contributed by atoms with Crippen LogP contribution in [0.25, 0.3) is 0 Å². The molecule has 156 valence electrons. The number of hydrogen-bond acceptors (Lipinski definition) is 5. The molecule has 5 heteroatoms. The Bertz CT molecular complexity index is 781. The Balaban J connectivity index is 2.01. The van der Waals surface area contributed by atoms with E-state index in [1.807, 2.05) is 79.7 Å². The van der Waals surface area contributed by atoms with Crippen LogP contribution in [0.4, 0.5) is 0 Å². The summed E-state index contributed by atoms with van der Waals surface area (Å²) in [5, 5.41) is 0. The zero-order valence-electron chi connectivity index (χ0n) is 18.5. The van der Waals surface area contributed by atoms with Crippen LogP contribution < -0.4 is 0 Å². The topological polar surface area (TPSA) is 61.8 Å². The Hall–Kier alpha value is -2.01. The second-order valence-electron chi connectivity index (χ2n) is 9.96. The summed E-state index contributed by atoms with van der Waals surface area (Å²) in [5.74, 6) is 2.73. The summed E-state index contributed by atoms with van der Waals surface area (Å²) < 4.78 is 23.0. The molecule has 28 heavy (non-hydrogen) atoms. The molecule has 0 aliphatic heterocycles. The molecule has 0 atom stereocenters. The summed E-state index contributed by atoms with van der Waals surface area (Å²) in [6, 6.07) is 7.63. The van der Waals surface area contributed by atoms with Gasteiger partial charge < -0.3 is 18.3 Å². The molecule has 0 radical (unpaired) electrons. The molecule has 5 nitrogen and oxygen atoms in total. The van der Waals surface area contributed by atoms with Crippen molar-refractivity contribution in [2.45, 2.75) is 86.0 Å². The lowest BCUT2D eigenvalue weighted by molar-refractivity contribution is -0.147. The number of esters is 1. The van der Waals surface area contributed by atoms with Gasteiger partial charge in [0, 0.05) is 0 Å². The lowest BCUT2D eigenvalue weighted by Crippen LogP contribution is -2.19. The first kappa shape index (κ1) is 22.3. The lowest BCUT2D eigenvalue weighted by atomic mass is 9.87. The summed E-state index contributed by atoms with van der Waals surface area (Å²) in [4.78, 5) is 11.9. The number of carbonyl (C=O) groups excluding carboxylic acids is 1. The molecule has 2 heterocycles. The van der Waals surface area contributed by atoms with Crippen molar-refractivity contribution in [3.8, 4) is 0 Å². The second-order valence-corrected chi connectivity index (χ2v) is 9.96. The molecular formula is C23H34O5. The van der Waals surface area contributed by atoms with E-state index in [9.17, 15) is 4.79 Å². The minimum absolute atomic E-state index is 0.0961. The first-order valence-electron chi connectivity index (χ1n) is 9.74. The van der Waals surface area contributed by atoms with Crippen molar-refractivity contribution in [2.75, 3.05) is 0 Å². The summed E-state index contributed by atoms with van der Waals surface area (Å²) in [6.45, 7) is 16.7. The highest BCUT2D eigenvalue weighted by Crippen LogP contribution is 2.34. The average Bonchev–Trinajstić information content (AvgIpc) is 3.18. The second kappa shape index (κ2) is 8.16. The van der Waals surface area contributed by atoms with Gasteiger partial charge in [-0.05, 0) is 64.3 Å². The van der Waals surface area contributed by atoms with Crippen molar-refractivity contribution in [2.24, 2.45) is 5.41 Å². The monoisotopic (exact) mass is 390 g/mol. The highest BCUT2D eigenvalue weighted by Gasteiger charge is 2.31. The zero-order valence-corrected chi connectivity index (χ0v) is 18.5. The van der Waals surface area contributed by atoms with Crippen molar-refractivity contribution in [1.82, 2.24) is 0 Å². The first-order valence-corrected chi connectivity index (χ1v) is 9.74. The number of ether oxygens (including phenoxy) is 2. The van der Waals surface area contributed by atoms with Gasteiger partial charge in [0.25, 0.3) is 0 Å². The summed E-state index contributed by atoms with van der Waals surface area (Å²) in [5.41, 5.74) is -0.766. The zero-order chi connectivity index (χ0) is 21.2. The van der Waals surface area contributed by atoms with E-state index in [0.717, 1.165) is 17.3 Å². The molecule has 0 fully saturated rings. The Kier molecular flexibility index (Phi) is 6.49. The van der Waals surface area contributed by atoms with Gasteiger partial charge >= 0.3 is 5.97 Å². The van der Waals surface area contributed by atoms with Gasteiger partial charge in [0.15, 0.2) is 0 Å². The summed E-state index contributed by atoms with van der Waals surface area (Å²) >= 11 is 0. The van der Waals surface area contributed by atoms with E-state index in [1.165, 1.54) is 0 Å². The van der Waals surface area contributed by atoms with Gasteiger partial charge in [-0.15, -0.1) is 0 Å². The minimum atomic E-state index is -0.451. The van der Waals surface area contributed by atoms with Crippen LogP contribution >= 0.6 is 0 Å². The van der Waals surface area contributed by atoms with Crippen molar-refractivity contribution in [3.63, 3.8) is 0 Å². The van der Waals surface area contributed by atoms with Gasteiger partial charge in [-0.1, -0.05) is 20.8 Å². The molecule has 0 aliphatic carbocycles. The van der Waals surface area contributed by atoms with Crippen LogP contribution in [-0.2, 0) is 32.9 Å². The SMILES string of the molecule is CC(C)(C)CC(=O)OCc1ccc(C(C)(C)c2ccc(COC(C)(C)C)o2)o1. The number of hydrogen-bond donors (Lipinski definition) is 0. The molecule has 0 N–H and O–H groups in total. The van der Waals surface area contributed by atoms with E-state index in [1.54, 1.807) is 0 Å². The Labute approximate surface area is 168 Å². The molecule has 0 saturated heterocycles. The fraction of sp³-hybridized carbons (Fsp3) is 0.609. The maximum Gasteiger partial charge on any atom is 0.306 e. The van der Waals surface area contributed by atoms with Crippen LogP contribution in [0.3, 0.4) is 0 Å². The Morgan fingerprint density at radius 3 is 1.79 bits per heavy atom. The molecular weight excluding hydrogens is 356 g/mol. The Morgan fingerprint density at radius 1 is 0.821 bits per heavy atom. The van der Waals surface area contributed by atoms with E-state index < -0.39 is 5.41 Å². The molecule has 2 rings (SSSR count). The molecule has 0 spiro atoms. The van der Waals surface area contributed by atoms with Gasteiger partial charge in [0.05, 0.1) is 17.4 Å². The van der Waals surface area contributed by atoms with Crippen LogP contribution in [0.1, 0.15) is 84.9 Å². The van der Waals surface area contributed by atoms with E-state index >= 15 is 0 Å². The summed E-state index contributed by atoms with van der Waals surface area (Å²) in [6.07, 6.45) is 0.373. The van der Waals surface area contributed by atoms with Crippen LogP contribution in [0, 0.1) is 5.41 Å². The normalized spacial score (nSPS) is 13.0. The fourth-order valence-electron chi connectivity index (χ4n) is 2.63. The van der Waals surface area contributed by atoms with Crippen molar-refractivity contribution in [3.05, 3.63) is 47.3 Å². The highest BCUT2D eigenvalue weighted by atomic mass is 16.5. The van der Waals surface area contributed by atoms with E-state index in [-0.39, 0.29) is 23.6 Å². The van der Waals surface area contributed by atoms with Crippen molar-refractivity contribution >= 4 is 5.97 Å². The molecule has 0 amide bonds. The predicted octanol–water partition coefficient (Wildman–Crippen LogP) is 5.99. The first-order chi connectivity index (χ1) is 12.8. The number of carbonyl (C=O) groups is 1. The van der Waals surface area contributed by atoms with Gasteiger partial charge in [-0.2, -0.15) is 0 Å². The van der Waals surface area contributed by atoms with Crippen LogP contribution in [0.5, 0.6) is 0 Å². The predicted molar refractivity (Wildman–Crippen MR) is 108 cm³/mol. The quantitative estimate of drug-likeness (QED) is 0.543.